The summed E-state index contributed by atoms with van der Waals surface area (Å²) in [6.45, 7) is 0. The Labute approximate surface area is 135 Å². The van der Waals surface area contributed by atoms with E-state index in [9.17, 15) is 10.1 Å². The summed E-state index contributed by atoms with van der Waals surface area (Å²) in [6.07, 6.45) is 0. The third-order valence-electron chi connectivity index (χ3n) is 3.05. The molecule has 2 aromatic carbocycles. The Bertz CT molecular complexity index is 843. The van der Waals surface area contributed by atoms with Crippen molar-refractivity contribution < 1.29 is 4.92 Å². The van der Waals surface area contributed by atoms with Crippen LogP contribution in [0.25, 0.3) is 10.1 Å². The maximum atomic E-state index is 10.6. The lowest BCUT2D eigenvalue weighted by molar-refractivity contribution is -0.384. The van der Waals surface area contributed by atoms with Gasteiger partial charge in [-0.2, -0.15) is 0 Å². The van der Waals surface area contributed by atoms with Crippen molar-refractivity contribution in [2.75, 3.05) is 10.6 Å². The van der Waals surface area contributed by atoms with E-state index in [0.29, 0.717) is 10.8 Å². The Hall–Kier alpha value is -2.51. The number of hydrogen-bond donors (Lipinski definition) is 2. The maximum Gasteiger partial charge on any atom is 0.269 e. The third-order valence-corrected chi connectivity index (χ3v) is 4.15. The Morgan fingerprint density at radius 1 is 1.05 bits per heavy atom. The molecule has 0 fully saturated rings. The molecule has 0 atom stereocenters. The zero-order valence-electron chi connectivity index (χ0n) is 11.3. The number of nitro benzene ring substituents is 1. The lowest BCUT2D eigenvalue weighted by Gasteiger charge is -2.10. The van der Waals surface area contributed by atoms with Gasteiger partial charge in [0.1, 0.15) is 0 Å². The van der Waals surface area contributed by atoms with Gasteiger partial charge in [0.25, 0.3) is 5.69 Å². The summed E-state index contributed by atoms with van der Waals surface area (Å²) in [5.74, 6) is 0. The van der Waals surface area contributed by atoms with E-state index in [0.717, 1.165) is 11.1 Å². The van der Waals surface area contributed by atoms with E-state index in [4.69, 9.17) is 12.2 Å². The van der Waals surface area contributed by atoms with E-state index in [1.54, 1.807) is 23.5 Å². The zero-order valence-corrected chi connectivity index (χ0v) is 12.9. The van der Waals surface area contributed by atoms with Crippen LogP contribution in [0.3, 0.4) is 0 Å². The number of nitrogens with zero attached hydrogens (tertiary/aromatic N) is 1. The van der Waals surface area contributed by atoms with Gasteiger partial charge in [-0.3, -0.25) is 10.1 Å². The van der Waals surface area contributed by atoms with E-state index in [2.05, 4.69) is 16.7 Å². The summed E-state index contributed by atoms with van der Waals surface area (Å²) in [6, 6.07) is 14.2. The van der Waals surface area contributed by atoms with Crippen molar-refractivity contribution in [2.24, 2.45) is 0 Å². The van der Waals surface area contributed by atoms with Crippen LogP contribution in [0.1, 0.15) is 0 Å². The van der Waals surface area contributed by atoms with E-state index in [1.165, 1.54) is 16.8 Å². The molecule has 0 saturated heterocycles. The summed E-state index contributed by atoms with van der Waals surface area (Å²) in [7, 11) is 0. The fourth-order valence-corrected chi connectivity index (χ4v) is 3.01. The molecule has 0 aliphatic carbocycles. The summed E-state index contributed by atoms with van der Waals surface area (Å²) in [4.78, 5) is 10.2. The quantitative estimate of drug-likeness (QED) is 0.417. The molecule has 7 heteroatoms. The molecule has 1 aromatic heterocycles. The number of thiocarbonyl (C=S) groups is 1. The van der Waals surface area contributed by atoms with Crippen molar-refractivity contribution >= 4 is 55.8 Å². The average Bonchev–Trinajstić information content (AvgIpc) is 2.95. The molecule has 2 N–H and O–H groups in total. The van der Waals surface area contributed by atoms with Gasteiger partial charge in [-0.05, 0) is 59.4 Å². The van der Waals surface area contributed by atoms with Crippen LogP contribution >= 0.6 is 23.6 Å². The van der Waals surface area contributed by atoms with Gasteiger partial charge >= 0.3 is 0 Å². The van der Waals surface area contributed by atoms with Crippen LogP contribution in [-0.4, -0.2) is 10.0 Å². The second-order valence-corrected chi connectivity index (χ2v) is 5.91. The first-order valence-corrected chi connectivity index (χ1v) is 7.70. The molecular weight excluding hydrogens is 318 g/mol. The molecule has 0 bridgehead atoms. The van der Waals surface area contributed by atoms with Gasteiger partial charge in [0.15, 0.2) is 5.11 Å². The number of anilines is 2. The fourth-order valence-electron chi connectivity index (χ4n) is 2.00. The molecule has 3 rings (SSSR count). The topological polar surface area (TPSA) is 67.2 Å². The van der Waals surface area contributed by atoms with E-state index in [-0.39, 0.29) is 5.69 Å². The Morgan fingerprint density at radius 2 is 1.73 bits per heavy atom. The number of benzene rings is 2. The van der Waals surface area contributed by atoms with Crippen LogP contribution in [0.2, 0.25) is 0 Å². The molecule has 0 amide bonds. The lowest BCUT2D eigenvalue weighted by Crippen LogP contribution is -2.18. The Morgan fingerprint density at radius 3 is 2.45 bits per heavy atom. The van der Waals surface area contributed by atoms with Crippen molar-refractivity contribution in [3.05, 3.63) is 64.0 Å². The second kappa shape index (κ2) is 6.08. The Kier molecular flexibility index (Phi) is 3.99. The summed E-state index contributed by atoms with van der Waals surface area (Å²) < 4.78 is 1.22. The highest BCUT2D eigenvalue weighted by Gasteiger charge is 2.05. The van der Waals surface area contributed by atoms with Gasteiger partial charge in [-0.15, -0.1) is 11.3 Å². The molecule has 1 heterocycles. The highest BCUT2D eigenvalue weighted by Crippen LogP contribution is 2.24. The molecule has 0 saturated carbocycles. The number of nitrogens with one attached hydrogen (secondary N) is 2. The number of nitro groups is 1. The molecule has 0 aliphatic heterocycles. The molecule has 0 radical (unpaired) electrons. The number of hydrogen-bond acceptors (Lipinski definition) is 4. The smallest absolute Gasteiger partial charge is 0.269 e. The van der Waals surface area contributed by atoms with Gasteiger partial charge in [0.05, 0.1) is 4.92 Å². The van der Waals surface area contributed by atoms with Crippen molar-refractivity contribution in [1.29, 1.82) is 0 Å². The summed E-state index contributed by atoms with van der Waals surface area (Å²) in [5.41, 5.74) is 1.64. The molecule has 22 heavy (non-hydrogen) atoms. The van der Waals surface area contributed by atoms with Crippen LogP contribution in [0.4, 0.5) is 17.1 Å². The number of fused-ring (bicyclic) bond motifs is 1. The molecule has 0 unspecified atom stereocenters. The monoisotopic (exact) mass is 329 g/mol. The van der Waals surface area contributed by atoms with E-state index >= 15 is 0 Å². The second-order valence-electron chi connectivity index (χ2n) is 4.56. The number of thiophene rings is 1. The predicted octanol–water partition coefficient (Wildman–Crippen LogP) is 4.62. The number of non-ortho nitro benzene ring substituents is 1. The average molecular weight is 329 g/mol. The standard InChI is InChI=1S/C15H11N3O2S2/c19-18(20)13-4-1-11(2-5-13)16-15(21)17-12-3-6-14-10(9-12)7-8-22-14/h1-9H,(H2,16,17,21). The van der Waals surface area contributed by atoms with Crippen LogP contribution < -0.4 is 10.6 Å². The highest BCUT2D eigenvalue weighted by atomic mass is 32.1. The van der Waals surface area contributed by atoms with Crippen LogP contribution in [0, 0.1) is 10.1 Å². The first-order valence-electron chi connectivity index (χ1n) is 6.41. The molecule has 0 spiro atoms. The van der Waals surface area contributed by atoms with Crippen LogP contribution in [-0.2, 0) is 0 Å². The third kappa shape index (κ3) is 3.21. The minimum Gasteiger partial charge on any atom is -0.332 e. The molecular formula is C15H11N3O2S2. The molecule has 110 valence electrons. The van der Waals surface area contributed by atoms with Crippen molar-refractivity contribution in [1.82, 2.24) is 0 Å². The van der Waals surface area contributed by atoms with Gasteiger partial charge in [-0.1, -0.05) is 0 Å². The molecule has 0 aliphatic rings. The first-order chi connectivity index (χ1) is 10.6. The van der Waals surface area contributed by atoms with Crippen molar-refractivity contribution in [2.45, 2.75) is 0 Å². The number of rotatable bonds is 3. The largest absolute Gasteiger partial charge is 0.332 e. The highest BCUT2D eigenvalue weighted by molar-refractivity contribution is 7.80. The summed E-state index contributed by atoms with van der Waals surface area (Å²) >= 11 is 6.94. The Balaban J connectivity index is 1.67. The normalized spacial score (nSPS) is 10.4. The van der Waals surface area contributed by atoms with Gasteiger partial charge in [0, 0.05) is 28.2 Å². The van der Waals surface area contributed by atoms with Gasteiger partial charge in [0.2, 0.25) is 0 Å². The lowest BCUT2D eigenvalue weighted by atomic mass is 10.2. The van der Waals surface area contributed by atoms with Gasteiger partial charge in [-0.25, -0.2) is 0 Å². The minimum absolute atomic E-state index is 0.0485. The van der Waals surface area contributed by atoms with E-state index < -0.39 is 4.92 Å². The van der Waals surface area contributed by atoms with E-state index in [1.807, 2.05) is 23.6 Å². The van der Waals surface area contributed by atoms with Crippen LogP contribution in [0.15, 0.2) is 53.9 Å². The van der Waals surface area contributed by atoms with Gasteiger partial charge < -0.3 is 10.6 Å². The van der Waals surface area contributed by atoms with Crippen LogP contribution in [0.5, 0.6) is 0 Å². The molecule has 5 nitrogen and oxygen atoms in total. The molecule has 3 aromatic rings. The van der Waals surface area contributed by atoms with Crippen molar-refractivity contribution in [3.8, 4) is 0 Å². The van der Waals surface area contributed by atoms with Crippen molar-refractivity contribution in [3.63, 3.8) is 0 Å². The maximum absolute atomic E-state index is 10.6. The zero-order chi connectivity index (χ0) is 15.5. The SMILES string of the molecule is O=[N+]([O-])c1ccc(NC(=S)Nc2ccc3sccc3c2)cc1. The first kappa shape index (κ1) is 14.4. The summed E-state index contributed by atoms with van der Waals surface area (Å²) in [5, 5.41) is 20.3. The predicted molar refractivity (Wildman–Crippen MR) is 94.8 cm³/mol. The minimum atomic E-state index is -0.434. The fraction of sp³-hybridized carbons (Fsp3) is 0.